The van der Waals surface area contributed by atoms with Gasteiger partial charge in [-0.2, -0.15) is 0 Å². The number of hydrogen-bond donors (Lipinski definition) is 2. The first-order valence-corrected chi connectivity index (χ1v) is 6.33. The van der Waals surface area contributed by atoms with E-state index in [1.807, 2.05) is 27.7 Å². The van der Waals surface area contributed by atoms with E-state index in [0.717, 1.165) is 0 Å². The summed E-state index contributed by atoms with van der Waals surface area (Å²) in [7, 11) is 0. The van der Waals surface area contributed by atoms with Gasteiger partial charge in [0.1, 0.15) is 0 Å². The SMILES string of the molecule is CCOCC(NC(=O)[C@@H](N)C(C)(C)C)C(C)C. The van der Waals surface area contributed by atoms with Gasteiger partial charge in [-0.15, -0.1) is 0 Å². The van der Waals surface area contributed by atoms with Crippen LogP contribution in [0.3, 0.4) is 0 Å². The summed E-state index contributed by atoms with van der Waals surface area (Å²) in [6, 6.07) is -0.471. The largest absolute Gasteiger partial charge is 0.380 e. The lowest BCUT2D eigenvalue weighted by atomic mass is 9.86. The summed E-state index contributed by atoms with van der Waals surface area (Å²) in [6.45, 7) is 13.2. The third kappa shape index (κ3) is 6.03. The summed E-state index contributed by atoms with van der Waals surface area (Å²) in [4.78, 5) is 12.0. The molecule has 0 radical (unpaired) electrons. The van der Waals surface area contributed by atoms with Crippen molar-refractivity contribution < 1.29 is 9.53 Å². The number of nitrogens with two attached hydrogens (primary N) is 1. The molecule has 0 fully saturated rings. The molecule has 0 aromatic rings. The Morgan fingerprint density at radius 3 is 2.24 bits per heavy atom. The van der Waals surface area contributed by atoms with E-state index in [2.05, 4.69) is 19.2 Å². The third-order valence-electron chi connectivity index (χ3n) is 2.85. The van der Waals surface area contributed by atoms with Gasteiger partial charge in [0.25, 0.3) is 0 Å². The highest BCUT2D eigenvalue weighted by atomic mass is 16.5. The van der Waals surface area contributed by atoms with Crippen LogP contribution in [0, 0.1) is 11.3 Å². The van der Waals surface area contributed by atoms with Gasteiger partial charge in [0.05, 0.1) is 18.7 Å². The van der Waals surface area contributed by atoms with Gasteiger partial charge in [-0.1, -0.05) is 34.6 Å². The Morgan fingerprint density at radius 2 is 1.88 bits per heavy atom. The molecule has 3 N–H and O–H groups in total. The molecule has 1 unspecified atom stereocenters. The Hall–Kier alpha value is -0.610. The normalized spacial score (nSPS) is 15.8. The van der Waals surface area contributed by atoms with Gasteiger partial charge in [-0.05, 0) is 18.3 Å². The number of ether oxygens (including phenoxy) is 1. The van der Waals surface area contributed by atoms with E-state index in [9.17, 15) is 4.79 Å². The molecule has 0 aliphatic rings. The maximum Gasteiger partial charge on any atom is 0.237 e. The van der Waals surface area contributed by atoms with Crippen molar-refractivity contribution in [3.63, 3.8) is 0 Å². The summed E-state index contributed by atoms with van der Waals surface area (Å²) in [5.41, 5.74) is 5.69. The first kappa shape index (κ1) is 16.4. The number of hydrogen-bond acceptors (Lipinski definition) is 3. The summed E-state index contributed by atoms with van der Waals surface area (Å²) in [5.74, 6) is 0.230. The Balaban J connectivity index is 4.40. The number of nitrogens with one attached hydrogen (secondary N) is 1. The van der Waals surface area contributed by atoms with Gasteiger partial charge in [0.15, 0.2) is 0 Å². The lowest BCUT2D eigenvalue weighted by molar-refractivity contribution is -0.126. The van der Waals surface area contributed by atoms with Crippen LogP contribution in [0.4, 0.5) is 0 Å². The van der Waals surface area contributed by atoms with Crippen LogP contribution < -0.4 is 11.1 Å². The quantitative estimate of drug-likeness (QED) is 0.745. The van der Waals surface area contributed by atoms with Crippen molar-refractivity contribution in [1.29, 1.82) is 0 Å². The van der Waals surface area contributed by atoms with E-state index in [1.165, 1.54) is 0 Å². The van der Waals surface area contributed by atoms with Crippen molar-refractivity contribution in [2.24, 2.45) is 17.1 Å². The minimum absolute atomic E-state index is 0.0239. The van der Waals surface area contributed by atoms with Gasteiger partial charge in [-0.25, -0.2) is 0 Å². The molecule has 0 bridgehead atoms. The molecule has 0 saturated heterocycles. The van der Waals surface area contributed by atoms with E-state index >= 15 is 0 Å². The lowest BCUT2D eigenvalue weighted by Gasteiger charge is -2.29. The highest BCUT2D eigenvalue weighted by molar-refractivity contribution is 5.82. The number of rotatable bonds is 6. The van der Waals surface area contributed by atoms with Crippen LogP contribution in [-0.2, 0) is 9.53 Å². The van der Waals surface area contributed by atoms with Crippen molar-refractivity contribution in [3.8, 4) is 0 Å². The van der Waals surface area contributed by atoms with Crippen molar-refractivity contribution in [2.45, 2.75) is 53.6 Å². The molecule has 102 valence electrons. The smallest absolute Gasteiger partial charge is 0.237 e. The van der Waals surface area contributed by atoms with Gasteiger partial charge in [0, 0.05) is 6.61 Å². The molecule has 4 heteroatoms. The molecule has 4 nitrogen and oxygen atoms in total. The molecule has 0 rings (SSSR count). The topological polar surface area (TPSA) is 64.3 Å². The molecular weight excluding hydrogens is 216 g/mol. The lowest BCUT2D eigenvalue weighted by Crippen LogP contribution is -2.53. The van der Waals surface area contributed by atoms with Crippen molar-refractivity contribution in [2.75, 3.05) is 13.2 Å². The average Bonchev–Trinajstić information content (AvgIpc) is 2.20. The molecule has 0 aromatic carbocycles. The molecule has 17 heavy (non-hydrogen) atoms. The number of amides is 1. The van der Waals surface area contributed by atoms with Crippen LogP contribution in [0.2, 0.25) is 0 Å². The summed E-state index contributed by atoms with van der Waals surface area (Å²) >= 11 is 0. The van der Waals surface area contributed by atoms with Crippen LogP contribution in [0.1, 0.15) is 41.5 Å². The maximum absolute atomic E-state index is 12.0. The van der Waals surface area contributed by atoms with Gasteiger partial charge < -0.3 is 15.8 Å². The van der Waals surface area contributed by atoms with Crippen LogP contribution in [-0.4, -0.2) is 31.2 Å². The van der Waals surface area contributed by atoms with Gasteiger partial charge >= 0.3 is 0 Å². The third-order valence-corrected chi connectivity index (χ3v) is 2.85. The first-order chi connectivity index (χ1) is 7.70. The van der Waals surface area contributed by atoms with E-state index < -0.39 is 6.04 Å². The summed E-state index contributed by atoms with van der Waals surface area (Å²) in [6.07, 6.45) is 0. The Kier molecular flexibility index (Phi) is 6.72. The Bertz CT molecular complexity index is 234. The molecule has 0 aliphatic heterocycles. The zero-order valence-corrected chi connectivity index (χ0v) is 12.0. The van der Waals surface area contributed by atoms with Crippen molar-refractivity contribution in [3.05, 3.63) is 0 Å². The summed E-state index contributed by atoms with van der Waals surface area (Å²) < 4.78 is 5.37. The predicted molar refractivity (Wildman–Crippen MR) is 70.7 cm³/mol. The fourth-order valence-electron chi connectivity index (χ4n) is 1.31. The second kappa shape index (κ2) is 6.97. The number of carbonyl (C=O) groups excluding carboxylic acids is 1. The fraction of sp³-hybridized carbons (Fsp3) is 0.923. The van der Waals surface area contributed by atoms with E-state index in [1.54, 1.807) is 0 Å². The average molecular weight is 244 g/mol. The van der Waals surface area contributed by atoms with Gasteiger partial charge in [-0.3, -0.25) is 4.79 Å². The Labute approximate surface area is 105 Å². The molecule has 0 aromatic heterocycles. The van der Waals surface area contributed by atoms with Crippen molar-refractivity contribution in [1.82, 2.24) is 5.32 Å². The fourth-order valence-corrected chi connectivity index (χ4v) is 1.31. The monoisotopic (exact) mass is 244 g/mol. The predicted octanol–water partition coefficient (Wildman–Crippen LogP) is 1.54. The second-order valence-electron chi connectivity index (χ2n) is 5.86. The standard InChI is InChI=1S/C13H28N2O2/c1-7-17-8-10(9(2)3)15-12(16)11(14)13(4,5)6/h9-11H,7-8,14H2,1-6H3,(H,15,16)/t10?,11-/m1/s1. The zero-order valence-electron chi connectivity index (χ0n) is 12.0. The maximum atomic E-state index is 12.0. The molecule has 0 saturated carbocycles. The minimum Gasteiger partial charge on any atom is -0.380 e. The van der Waals surface area contributed by atoms with E-state index in [-0.39, 0.29) is 17.4 Å². The Morgan fingerprint density at radius 1 is 1.35 bits per heavy atom. The van der Waals surface area contributed by atoms with Crippen molar-refractivity contribution >= 4 is 5.91 Å². The molecule has 1 amide bonds. The van der Waals surface area contributed by atoms with Crippen LogP contribution in [0.15, 0.2) is 0 Å². The minimum atomic E-state index is -0.495. The molecule has 2 atom stereocenters. The van der Waals surface area contributed by atoms with E-state index in [4.69, 9.17) is 10.5 Å². The highest BCUT2D eigenvalue weighted by Crippen LogP contribution is 2.17. The molecule has 0 heterocycles. The first-order valence-electron chi connectivity index (χ1n) is 6.33. The second-order valence-corrected chi connectivity index (χ2v) is 5.86. The number of carbonyl (C=O) groups is 1. The van der Waals surface area contributed by atoms with Crippen LogP contribution in [0.25, 0.3) is 0 Å². The zero-order chi connectivity index (χ0) is 13.6. The van der Waals surface area contributed by atoms with E-state index in [0.29, 0.717) is 19.1 Å². The highest BCUT2D eigenvalue weighted by Gasteiger charge is 2.29. The summed E-state index contributed by atoms with van der Waals surface area (Å²) in [5, 5.41) is 2.97. The molecule has 0 spiro atoms. The van der Waals surface area contributed by atoms with Gasteiger partial charge in [0.2, 0.25) is 5.91 Å². The van der Waals surface area contributed by atoms with Crippen LogP contribution in [0.5, 0.6) is 0 Å². The molecule has 0 aliphatic carbocycles. The van der Waals surface area contributed by atoms with Crippen LogP contribution >= 0.6 is 0 Å². The molecular formula is C13H28N2O2.